The molecule has 0 amide bonds. The number of thiophene rings is 1. The molecule has 0 aromatic carbocycles. The van der Waals surface area contributed by atoms with Crippen LogP contribution in [-0.4, -0.2) is 18.5 Å². The molecule has 1 aromatic rings. The first-order valence-electron chi connectivity index (χ1n) is 4.68. The van der Waals surface area contributed by atoms with Crippen molar-refractivity contribution in [2.24, 2.45) is 0 Å². The standard InChI is InChI=1S/C10H11ClO2S/c11-9-5-4-8(14-9)10(12)7-3-1-2-6-13-7/h4-5,7H,1-3,6H2. The van der Waals surface area contributed by atoms with E-state index >= 15 is 0 Å². The van der Waals surface area contributed by atoms with Crippen molar-refractivity contribution in [3.05, 3.63) is 21.3 Å². The summed E-state index contributed by atoms with van der Waals surface area (Å²) in [5.41, 5.74) is 0. The van der Waals surface area contributed by atoms with E-state index in [0.29, 0.717) is 15.8 Å². The maximum absolute atomic E-state index is 11.8. The van der Waals surface area contributed by atoms with Gasteiger partial charge in [0.05, 0.1) is 9.21 Å². The Labute approximate surface area is 91.8 Å². The molecular formula is C10H11ClO2S. The summed E-state index contributed by atoms with van der Waals surface area (Å²) in [5, 5.41) is 0. The topological polar surface area (TPSA) is 26.3 Å². The average molecular weight is 231 g/mol. The number of ether oxygens (including phenoxy) is 1. The van der Waals surface area contributed by atoms with Gasteiger partial charge in [0.1, 0.15) is 6.10 Å². The maximum Gasteiger partial charge on any atom is 0.201 e. The van der Waals surface area contributed by atoms with Crippen molar-refractivity contribution in [2.75, 3.05) is 6.61 Å². The van der Waals surface area contributed by atoms with Crippen LogP contribution in [0.3, 0.4) is 0 Å². The molecule has 0 radical (unpaired) electrons. The number of ketones is 1. The molecule has 0 bridgehead atoms. The lowest BCUT2D eigenvalue weighted by Gasteiger charge is -2.20. The van der Waals surface area contributed by atoms with Crippen molar-refractivity contribution in [2.45, 2.75) is 25.4 Å². The van der Waals surface area contributed by atoms with E-state index in [4.69, 9.17) is 16.3 Å². The fourth-order valence-electron chi connectivity index (χ4n) is 1.55. The Balaban J connectivity index is 2.07. The number of rotatable bonds is 2. The van der Waals surface area contributed by atoms with E-state index in [1.54, 1.807) is 12.1 Å². The SMILES string of the molecule is O=C(c1ccc(Cl)s1)C1CCCCO1. The van der Waals surface area contributed by atoms with Crippen LogP contribution < -0.4 is 0 Å². The zero-order valence-corrected chi connectivity index (χ0v) is 9.24. The van der Waals surface area contributed by atoms with Gasteiger partial charge in [-0.25, -0.2) is 0 Å². The second kappa shape index (κ2) is 4.43. The third-order valence-corrected chi connectivity index (χ3v) is 3.53. The van der Waals surface area contributed by atoms with Gasteiger partial charge in [0.15, 0.2) is 0 Å². The molecular weight excluding hydrogens is 220 g/mol. The molecule has 1 atom stereocenters. The monoisotopic (exact) mass is 230 g/mol. The number of hydrogen-bond acceptors (Lipinski definition) is 3. The molecule has 1 unspecified atom stereocenters. The van der Waals surface area contributed by atoms with E-state index in [9.17, 15) is 4.79 Å². The number of hydrogen-bond donors (Lipinski definition) is 0. The van der Waals surface area contributed by atoms with Gasteiger partial charge in [-0.15, -0.1) is 11.3 Å². The third kappa shape index (κ3) is 2.16. The molecule has 1 saturated heterocycles. The largest absolute Gasteiger partial charge is 0.370 e. The van der Waals surface area contributed by atoms with E-state index in [0.717, 1.165) is 19.3 Å². The van der Waals surface area contributed by atoms with E-state index < -0.39 is 0 Å². The van der Waals surface area contributed by atoms with Crippen LogP contribution in [0.5, 0.6) is 0 Å². The molecule has 2 nitrogen and oxygen atoms in total. The van der Waals surface area contributed by atoms with Gasteiger partial charge in [-0.05, 0) is 31.4 Å². The lowest BCUT2D eigenvalue weighted by molar-refractivity contribution is 0.0189. The molecule has 0 spiro atoms. The lowest BCUT2D eigenvalue weighted by atomic mass is 10.0. The number of carbonyl (C=O) groups is 1. The summed E-state index contributed by atoms with van der Waals surface area (Å²) in [5.74, 6) is 0.0848. The second-order valence-electron chi connectivity index (χ2n) is 3.32. The van der Waals surface area contributed by atoms with Crippen molar-refractivity contribution in [3.8, 4) is 0 Å². The van der Waals surface area contributed by atoms with Crippen LogP contribution in [0.4, 0.5) is 0 Å². The van der Waals surface area contributed by atoms with Gasteiger partial charge < -0.3 is 4.74 Å². The van der Waals surface area contributed by atoms with Gasteiger partial charge in [0.2, 0.25) is 5.78 Å². The predicted octanol–water partition coefficient (Wildman–Crippen LogP) is 3.15. The van der Waals surface area contributed by atoms with Gasteiger partial charge >= 0.3 is 0 Å². The van der Waals surface area contributed by atoms with Gasteiger partial charge in [-0.3, -0.25) is 4.79 Å². The highest BCUT2D eigenvalue weighted by Crippen LogP contribution is 2.25. The number of Topliss-reactive ketones (excluding diaryl/α,β-unsaturated/α-hetero) is 1. The van der Waals surface area contributed by atoms with Crippen molar-refractivity contribution in [1.29, 1.82) is 0 Å². The average Bonchev–Trinajstić information content (AvgIpc) is 2.65. The number of halogens is 1. The summed E-state index contributed by atoms with van der Waals surface area (Å²) in [7, 11) is 0. The molecule has 1 aliphatic rings. The Kier molecular flexibility index (Phi) is 3.21. The molecule has 14 heavy (non-hydrogen) atoms. The lowest BCUT2D eigenvalue weighted by Crippen LogP contribution is -2.27. The van der Waals surface area contributed by atoms with Crippen molar-refractivity contribution >= 4 is 28.7 Å². The summed E-state index contributed by atoms with van der Waals surface area (Å²) >= 11 is 7.09. The summed E-state index contributed by atoms with van der Waals surface area (Å²) in [6.07, 6.45) is 2.75. The van der Waals surface area contributed by atoms with Crippen LogP contribution in [0.1, 0.15) is 28.9 Å². The predicted molar refractivity (Wildman–Crippen MR) is 57.3 cm³/mol. The molecule has 0 N–H and O–H groups in total. The Bertz CT molecular complexity index is 329. The van der Waals surface area contributed by atoms with Crippen LogP contribution in [-0.2, 0) is 4.74 Å². The molecule has 2 rings (SSSR count). The summed E-state index contributed by atoms with van der Waals surface area (Å²) < 4.78 is 6.07. The molecule has 0 saturated carbocycles. The molecule has 2 heterocycles. The zero-order chi connectivity index (χ0) is 9.97. The summed E-state index contributed by atoms with van der Waals surface area (Å²) in [6.45, 7) is 0.704. The minimum Gasteiger partial charge on any atom is -0.370 e. The van der Waals surface area contributed by atoms with Crippen molar-refractivity contribution in [1.82, 2.24) is 0 Å². The van der Waals surface area contributed by atoms with Crippen LogP contribution in [0.2, 0.25) is 4.34 Å². The Hall–Kier alpha value is -0.380. The van der Waals surface area contributed by atoms with E-state index in [2.05, 4.69) is 0 Å². The fourth-order valence-corrected chi connectivity index (χ4v) is 2.58. The number of carbonyl (C=O) groups excluding carboxylic acids is 1. The van der Waals surface area contributed by atoms with Gasteiger partial charge in [0.25, 0.3) is 0 Å². The van der Waals surface area contributed by atoms with E-state index in [1.807, 2.05) is 0 Å². The van der Waals surface area contributed by atoms with Crippen LogP contribution in [0.15, 0.2) is 12.1 Å². The maximum atomic E-state index is 11.8. The molecule has 1 aromatic heterocycles. The van der Waals surface area contributed by atoms with Gasteiger partial charge in [-0.1, -0.05) is 11.6 Å². The zero-order valence-electron chi connectivity index (χ0n) is 7.66. The van der Waals surface area contributed by atoms with Crippen molar-refractivity contribution < 1.29 is 9.53 Å². The van der Waals surface area contributed by atoms with Crippen LogP contribution in [0.25, 0.3) is 0 Å². The Morgan fingerprint density at radius 3 is 2.93 bits per heavy atom. The summed E-state index contributed by atoms with van der Waals surface area (Å²) in [4.78, 5) is 12.5. The molecule has 4 heteroatoms. The second-order valence-corrected chi connectivity index (χ2v) is 5.04. The molecule has 1 aliphatic heterocycles. The first kappa shape index (κ1) is 10.1. The first-order valence-corrected chi connectivity index (χ1v) is 5.88. The first-order chi connectivity index (χ1) is 6.77. The summed E-state index contributed by atoms with van der Waals surface area (Å²) in [6, 6.07) is 3.52. The highest BCUT2D eigenvalue weighted by molar-refractivity contribution is 7.18. The molecule has 76 valence electrons. The minimum absolute atomic E-state index is 0.0848. The molecule has 1 fully saturated rings. The van der Waals surface area contributed by atoms with Crippen LogP contribution >= 0.6 is 22.9 Å². The third-order valence-electron chi connectivity index (χ3n) is 2.29. The Morgan fingerprint density at radius 1 is 1.50 bits per heavy atom. The highest BCUT2D eigenvalue weighted by atomic mass is 35.5. The molecule has 0 aliphatic carbocycles. The fraction of sp³-hybridized carbons (Fsp3) is 0.500. The van der Waals surface area contributed by atoms with E-state index in [1.165, 1.54) is 11.3 Å². The van der Waals surface area contributed by atoms with Gasteiger partial charge in [0, 0.05) is 6.61 Å². The highest BCUT2D eigenvalue weighted by Gasteiger charge is 2.24. The van der Waals surface area contributed by atoms with Crippen molar-refractivity contribution in [3.63, 3.8) is 0 Å². The van der Waals surface area contributed by atoms with Gasteiger partial charge in [-0.2, -0.15) is 0 Å². The normalized spacial score (nSPS) is 22.2. The smallest absolute Gasteiger partial charge is 0.201 e. The van der Waals surface area contributed by atoms with E-state index in [-0.39, 0.29) is 11.9 Å². The van der Waals surface area contributed by atoms with Crippen LogP contribution in [0, 0.1) is 0 Å². The minimum atomic E-state index is -0.238. The quantitative estimate of drug-likeness (QED) is 0.730. The Morgan fingerprint density at radius 2 is 2.36 bits per heavy atom.